The molecule has 0 bridgehead atoms. The highest BCUT2D eigenvalue weighted by molar-refractivity contribution is 5.56. The van der Waals surface area contributed by atoms with Gasteiger partial charge in [-0.2, -0.15) is 0 Å². The fourth-order valence-corrected chi connectivity index (χ4v) is 7.28. The van der Waals surface area contributed by atoms with Crippen molar-refractivity contribution in [2.45, 2.75) is 128 Å². The Morgan fingerprint density at radius 3 is 1.56 bits per heavy atom. The van der Waals surface area contributed by atoms with Crippen LogP contribution in [0.5, 0.6) is 0 Å². The minimum atomic E-state index is -0.199. The summed E-state index contributed by atoms with van der Waals surface area (Å²) in [5.41, 5.74) is 3.89. The van der Waals surface area contributed by atoms with Gasteiger partial charge in [0.1, 0.15) is 5.66 Å². The second kappa shape index (κ2) is 18.6. The average Bonchev–Trinajstić information content (AvgIpc) is 3.40. The molecule has 0 radical (unpaired) electrons. The van der Waals surface area contributed by atoms with Crippen molar-refractivity contribution in [1.82, 2.24) is 4.90 Å². The van der Waals surface area contributed by atoms with Crippen LogP contribution >= 0.6 is 0 Å². The molecule has 2 heteroatoms. The van der Waals surface area contributed by atoms with Gasteiger partial charge in [-0.05, 0) is 36.1 Å². The summed E-state index contributed by atoms with van der Waals surface area (Å²) in [7, 11) is 0. The van der Waals surface area contributed by atoms with Gasteiger partial charge in [0.15, 0.2) is 0 Å². The second-order valence-corrected chi connectivity index (χ2v) is 12.7. The van der Waals surface area contributed by atoms with E-state index in [4.69, 9.17) is 0 Å². The van der Waals surface area contributed by atoms with Crippen LogP contribution in [-0.4, -0.2) is 17.1 Å². The molecule has 43 heavy (non-hydrogen) atoms. The Morgan fingerprint density at radius 1 is 0.535 bits per heavy atom. The molecule has 2 unspecified atom stereocenters. The van der Waals surface area contributed by atoms with E-state index in [1.807, 2.05) is 0 Å². The Labute approximate surface area is 264 Å². The molecule has 0 saturated carbocycles. The van der Waals surface area contributed by atoms with Gasteiger partial charge in [-0.15, -0.1) is 0 Å². The van der Waals surface area contributed by atoms with E-state index in [0.717, 1.165) is 19.4 Å². The lowest BCUT2D eigenvalue weighted by Gasteiger charge is -2.51. The summed E-state index contributed by atoms with van der Waals surface area (Å²) in [5, 5.41) is 0. The van der Waals surface area contributed by atoms with Crippen LogP contribution < -0.4 is 4.90 Å². The van der Waals surface area contributed by atoms with Crippen molar-refractivity contribution in [2.24, 2.45) is 0 Å². The number of anilines is 1. The molecule has 4 rings (SSSR count). The SMILES string of the molecule is CCCCCCCCCCCCCCCCN1C=CN(c2ccccc2)C1(Cc1ccccc1)C(CC)c1ccccc1. The van der Waals surface area contributed by atoms with E-state index in [1.54, 1.807) is 0 Å². The third kappa shape index (κ3) is 9.49. The molecule has 0 aliphatic carbocycles. The highest BCUT2D eigenvalue weighted by atomic mass is 15.4. The largest absolute Gasteiger partial charge is 0.352 e. The fourth-order valence-electron chi connectivity index (χ4n) is 7.28. The molecule has 0 N–H and O–H groups in total. The highest BCUT2D eigenvalue weighted by Gasteiger charge is 2.50. The van der Waals surface area contributed by atoms with E-state index in [2.05, 4.69) is 127 Å². The zero-order chi connectivity index (χ0) is 30.0. The minimum absolute atomic E-state index is 0.199. The van der Waals surface area contributed by atoms with E-state index in [-0.39, 0.29) is 5.66 Å². The smallest absolute Gasteiger partial charge is 0.127 e. The van der Waals surface area contributed by atoms with Crippen molar-refractivity contribution in [3.63, 3.8) is 0 Å². The van der Waals surface area contributed by atoms with Crippen LogP contribution in [0.1, 0.15) is 127 Å². The van der Waals surface area contributed by atoms with E-state index in [0.29, 0.717) is 5.92 Å². The maximum atomic E-state index is 2.70. The summed E-state index contributed by atoms with van der Waals surface area (Å²) >= 11 is 0. The van der Waals surface area contributed by atoms with E-state index in [1.165, 1.54) is 107 Å². The quantitative estimate of drug-likeness (QED) is 0.116. The molecule has 3 aromatic rings. The van der Waals surface area contributed by atoms with Crippen LogP contribution in [0.2, 0.25) is 0 Å². The molecule has 0 saturated heterocycles. The zero-order valence-electron chi connectivity index (χ0n) is 27.3. The molecule has 232 valence electrons. The van der Waals surface area contributed by atoms with Gasteiger partial charge in [-0.25, -0.2) is 0 Å². The number of para-hydroxylation sites is 1. The first-order valence-electron chi connectivity index (χ1n) is 17.7. The highest BCUT2D eigenvalue weighted by Crippen LogP contribution is 2.47. The van der Waals surface area contributed by atoms with Gasteiger partial charge in [0, 0.05) is 37.0 Å². The topological polar surface area (TPSA) is 6.48 Å². The predicted octanol–water partition coefficient (Wildman–Crippen LogP) is 11.9. The Hall–Kier alpha value is -3.00. The summed E-state index contributed by atoms with van der Waals surface area (Å²) in [6, 6.07) is 33.4. The van der Waals surface area contributed by atoms with Gasteiger partial charge >= 0.3 is 0 Å². The van der Waals surface area contributed by atoms with Crippen LogP contribution in [-0.2, 0) is 6.42 Å². The molecular formula is C41H58N2. The molecule has 1 heterocycles. The third-order valence-corrected chi connectivity index (χ3v) is 9.57. The van der Waals surface area contributed by atoms with Gasteiger partial charge in [0.05, 0.1) is 0 Å². The molecular weight excluding hydrogens is 520 g/mol. The van der Waals surface area contributed by atoms with Gasteiger partial charge in [0.2, 0.25) is 0 Å². The fraction of sp³-hybridized carbons (Fsp3) is 0.512. The molecule has 0 amide bonds. The molecule has 3 aromatic carbocycles. The predicted molar refractivity (Wildman–Crippen MR) is 187 cm³/mol. The maximum Gasteiger partial charge on any atom is 0.127 e. The lowest BCUT2D eigenvalue weighted by atomic mass is 9.78. The Morgan fingerprint density at radius 2 is 1.02 bits per heavy atom. The number of hydrogen-bond donors (Lipinski definition) is 0. The van der Waals surface area contributed by atoms with Crippen molar-refractivity contribution in [3.05, 3.63) is 115 Å². The maximum absolute atomic E-state index is 2.70. The standard InChI is InChI=1S/C41H58N2/c1-3-5-6-7-8-9-10-11-12-13-14-15-16-26-33-42-34-35-43(39-31-24-19-25-32-39)41(42,36-37-27-20-17-21-28-37)40(4-2)38-29-22-18-23-30-38/h17-25,27-32,34-35,40H,3-16,26,33,36H2,1-2H3. The van der Waals surface area contributed by atoms with Crippen molar-refractivity contribution < 1.29 is 0 Å². The van der Waals surface area contributed by atoms with Crippen LogP contribution in [0.4, 0.5) is 5.69 Å². The first kappa shape index (κ1) is 32.9. The number of unbranched alkanes of at least 4 members (excludes halogenated alkanes) is 13. The Balaban J connectivity index is 1.39. The first-order chi connectivity index (χ1) is 21.3. The van der Waals surface area contributed by atoms with Gasteiger partial charge in [-0.1, -0.05) is 176 Å². The van der Waals surface area contributed by atoms with E-state index < -0.39 is 0 Å². The Bertz CT molecular complexity index is 1140. The summed E-state index contributed by atoms with van der Waals surface area (Å²) in [6.07, 6.45) is 26.3. The molecule has 1 aliphatic heterocycles. The zero-order valence-corrected chi connectivity index (χ0v) is 27.3. The minimum Gasteiger partial charge on any atom is -0.352 e. The van der Waals surface area contributed by atoms with Crippen molar-refractivity contribution in [3.8, 4) is 0 Å². The van der Waals surface area contributed by atoms with Crippen LogP contribution in [0, 0.1) is 0 Å². The van der Waals surface area contributed by atoms with Crippen LogP contribution in [0.3, 0.4) is 0 Å². The molecule has 1 aliphatic rings. The summed E-state index contributed by atoms with van der Waals surface area (Å²) in [4.78, 5) is 5.29. The summed E-state index contributed by atoms with van der Waals surface area (Å²) < 4.78 is 0. The summed E-state index contributed by atoms with van der Waals surface area (Å²) in [5.74, 6) is 0.357. The number of hydrogen-bond acceptors (Lipinski definition) is 2. The number of benzene rings is 3. The average molecular weight is 579 g/mol. The van der Waals surface area contributed by atoms with Crippen molar-refractivity contribution in [2.75, 3.05) is 11.4 Å². The van der Waals surface area contributed by atoms with Gasteiger partial charge in [-0.3, -0.25) is 0 Å². The lowest BCUT2D eigenvalue weighted by molar-refractivity contribution is 0.125. The van der Waals surface area contributed by atoms with Gasteiger partial charge in [0.25, 0.3) is 0 Å². The third-order valence-electron chi connectivity index (χ3n) is 9.57. The summed E-state index contributed by atoms with van der Waals surface area (Å²) in [6.45, 7) is 5.76. The molecule has 0 aromatic heterocycles. The van der Waals surface area contributed by atoms with Crippen LogP contribution in [0.15, 0.2) is 103 Å². The molecule has 0 fully saturated rings. The van der Waals surface area contributed by atoms with Crippen molar-refractivity contribution in [1.29, 1.82) is 0 Å². The monoisotopic (exact) mass is 578 g/mol. The Kier molecular flexibility index (Phi) is 14.2. The van der Waals surface area contributed by atoms with Crippen molar-refractivity contribution >= 4 is 5.69 Å². The molecule has 2 atom stereocenters. The second-order valence-electron chi connectivity index (χ2n) is 12.7. The van der Waals surface area contributed by atoms with E-state index in [9.17, 15) is 0 Å². The molecule has 0 spiro atoms. The first-order valence-corrected chi connectivity index (χ1v) is 17.7. The van der Waals surface area contributed by atoms with E-state index >= 15 is 0 Å². The van der Waals surface area contributed by atoms with Crippen LogP contribution in [0.25, 0.3) is 0 Å². The molecule has 2 nitrogen and oxygen atoms in total. The lowest BCUT2D eigenvalue weighted by Crippen LogP contribution is -2.59. The number of rotatable bonds is 21. The van der Waals surface area contributed by atoms with Gasteiger partial charge < -0.3 is 9.80 Å². The normalized spacial score (nSPS) is 17.1. The number of nitrogens with zero attached hydrogens (tertiary/aromatic N) is 2.